The minimum Gasteiger partial charge on any atom is -0.497 e. The molecule has 0 aliphatic rings. The lowest BCUT2D eigenvalue weighted by atomic mass is 10.0. The summed E-state index contributed by atoms with van der Waals surface area (Å²) in [4.78, 5) is 17.8. The van der Waals surface area contributed by atoms with Crippen LogP contribution in [0.5, 0.6) is 5.75 Å². The number of methoxy groups -OCH3 is 1. The lowest BCUT2D eigenvalue weighted by Gasteiger charge is -2.09. The molecule has 21 heavy (non-hydrogen) atoms. The Kier molecular flexibility index (Phi) is 5.30. The van der Waals surface area contributed by atoms with E-state index in [1.54, 1.807) is 7.11 Å². The van der Waals surface area contributed by atoms with Crippen molar-refractivity contribution in [2.24, 2.45) is 0 Å². The van der Waals surface area contributed by atoms with Crippen LogP contribution >= 0.6 is 12.2 Å². The number of nitrogens with one attached hydrogen (secondary N) is 2. The number of H-pyrrole nitrogens is 2. The Morgan fingerprint density at radius 1 is 1.19 bits per heavy atom. The molecule has 112 valence electrons. The molecular weight excluding hydrogens is 288 g/mol. The predicted molar refractivity (Wildman–Crippen MR) is 83.4 cm³/mol. The Hall–Kier alpha value is -1.92. The molecule has 0 saturated heterocycles. The molecule has 1 aromatic heterocycles. The molecule has 0 fully saturated rings. The summed E-state index contributed by atoms with van der Waals surface area (Å²) in [5.41, 5.74) is 2.21. The monoisotopic (exact) mass is 306 g/mol. The molecule has 0 amide bonds. The number of rotatable bonds is 6. The maximum absolute atomic E-state index is 12.1. The van der Waals surface area contributed by atoms with E-state index in [1.165, 1.54) is 0 Å². The quantitative estimate of drug-likeness (QED) is 0.805. The van der Waals surface area contributed by atoms with E-state index in [0.717, 1.165) is 17.0 Å². The van der Waals surface area contributed by atoms with Crippen molar-refractivity contribution in [2.75, 3.05) is 13.7 Å². The van der Waals surface area contributed by atoms with Crippen molar-refractivity contribution in [1.82, 2.24) is 9.97 Å². The largest absolute Gasteiger partial charge is 0.497 e. The first-order valence-electron chi connectivity index (χ1n) is 6.69. The van der Waals surface area contributed by atoms with Crippen molar-refractivity contribution in [2.45, 2.75) is 20.0 Å². The normalized spacial score (nSPS) is 10.6. The maximum atomic E-state index is 12.1. The van der Waals surface area contributed by atoms with E-state index in [9.17, 15) is 4.79 Å². The Morgan fingerprint density at radius 3 is 2.52 bits per heavy atom. The van der Waals surface area contributed by atoms with Crippen LogP contribution in [0.3, 0.4) is 0 Å². The van der Waals surface area contributed by atoms with Gasteiger partial charge in [-0.1, -0.05) is 12.1 Å². The third kappa shape index (κ3) is 4.03. The summed E-state index contributed by atoms with van der Waals surface area (Å²) in [5, 5.41) is 0. The highest BCUT2D eigenvalue weighted by Gasteiger charge is 2.10. The van der Waals surface area contributed by atoms with Gasteiger partial charge in [0.25, 0.3) is 5.56 Å². The van der Waals surface area contributed by atoms with Gasteiger partial charge in [-0.2, -0.15) is 0 Å². The van der Waals surface area contributed by atoms with E-state index in [2.05, 4.69) is 9.97 Å². The Bertz CT molecular complexity index is 704. The van der Waals surface area contributed by atoms with Gasteiger partial charge in [-0.25, -0.2) is 0 Å². The minimum absolute atomic E-state index is 0.177. The third-order valence-corrected chi connectivity index (χ3v) is 3.32. The number of aromatic nitrogens is 2. The second-order valence-electron chi connectivity index (χ2n) is 4.53. The van der Waals surface area contributed by atoms with Gasteiger partial charge < -0.3 is 14.5 Å². The zero-order chi connectivity index (χ0) is 15.2. The molecule has 5 nitrogen and oxygen atoms in total. The standard InChI is InChI=1S/C15H18N2O3S/c1-3-20-9-13-12(14(18)17-15(21)16-13)8-10-4-6-11(19-2)7-5-10/h4-7H,3,8-9H2,1-2H3,(H2,16,17,18,21). The van der Waals surface area contributed by atoms with Crippen LogP contribution in [0.15, 0.2) is 29.1 Å². The highest BCUT2D eigenvalue weighted by Crippen LogP contribution is 2.15. The first-order chi connectivity index (χ1) is 10.1. The molecule has 6 heteroatoms. The average molecular weight is 306 g/mol. The summed E-state index contributed by atoms with van der Waals surface area (Å²) in [6, 6.07) is 7.61. The smallest absolute Gasteiger partial charge is 0.255 e. The second kappa shape index (κ2) is 7.19. The van der Waals surface area contributed by atoms with E-state index in [4.69, 9.17) is 21.7 Å². The number of benzene rings is 1. The van der Waals surface area contributed by atoms with Crippen molar-refractivity contribution < 1.29 is 9.47 Å². The molecule has 0 bridgehead atoms. The van der Waals surface area contributed by atoms with Crippen molar-refractivity contribution in [3.05, 3.63) is 56.2 Å². The fourth-order valence-corrected chi connectivity index (χ4v) is 2.24. The second-order valence-corrected chi connectivity index (χ2v) is 4.94. The van der Waals surface area contributed by atoms with Gasteiger partial charge in [0.2, 0.25) is 0 Å². The summed E-state index contributed by atoms with van der Waals surface area (Å²) in [7, 11) is 1.62. The Morgan fingerprint density at radius 2 is 1.90 bits per heavy atom. The molecule has 0 atom stereocenters. The van der Waals surface area contributed by atoms with Crippen LogP contribution in [0.25, 0.3) is 0 Å². The molecular formula is C15H18N2O3S. The van der Waals surface area contributed by atoms with Crippen LogP contribution in [0, 0.1) is 4.77 Å². The predicted octanol–water partition coefficient (Wildman–Crippen LogP) is 2.57. The van der Waals surface area contributed by atoms with Crippen molar-refractivity contribution in [1.29, 1.82) is 0 Å². The van der Waals surface area contributed by atoms with Crippen LogP contribution in [0.2, 0.25) is 0 Å². The molecule has 0 spiro atoms. The van der Waals surface area contributed by atoms with Gasteiger partial charge in [-0.3, -0.25) is 9.78 Å². The molecule has 2 rings (SSSR count). The zero-order valence-electron chi connectivity index (χ0n) is 12.1. The first-order valence-corrected chi connectivity index (χ1v) is 7.10. The van der Waals surface area contributed by atoms with Crippen LogP contribution in [0.4, 0.5) is 0 Å². The van der Waals surface area contributed by atoms with Crippen molar-refractivity contribution in [3.63, 3.8) is 0 Å². The fraction of sp³-hybridized carbons (Fsp3) is 0.333. The van der Waals surface area contributed by atoms with Crippen LogP contribution < -0.4 is 10.3 Å². The number of ether oxygens (including phenoxy) is 2. The van der Waals surface area contributed by atoms with Gasteiger partial charge >= 0.3 is 0 Å². The minimum atomic E-state index is -0.177. The Balaban J connectivity index is 2.32. The van der Waals surface area contributed by atoms with Gasteiger partial charge in [-0.05, 0) is 36.8 Å². The lowest BCUT2D eigenvalue weighted by Crippen LogP contribution is -2.19. The molecule has 2 aromatic rings. The Labute approximate surface area is 127 Å². The summed E-state index contributed by atoms with van der Waals surface area (Å²) < 4.78 is 10.8. The lowest BCUT2D eigenvalue weighted by molar-refractivity contribution is 0.130. The molecule has 1 heterocycles. The molecule has 0 aliphatic carbocycles. The molecule has 2 N–H and O–H groups in total. The number of hydrogen-bond acceptors (Lipinski definition) is 4. The molecule has 0 saturated carbocycles. The fourth-order valence-electron chi connectivity index (χ4n) is 2.02. The highest BCUT2D eigenvalue weighted by atomic mass is 32.1. The summed E-state index contributed by atoms with van der Waals surface area (Å²) in [6.45, 7) is 2.83. The third-order valence-electron chi connectivity index (χ3n) is 3.12. The molecule has 1 aromatic carbocycles. The summed E-state index contributed by atoms with van der Waals surface area (Å²) >= 11 is 5.01. The van der Waals surface area contributed by atoms with E-state index in [0.29, 0.717) is 30.0 Å². The van der Waals surface area contributed by atoms with Crippen molar-refractivity contribution in [3.8, 4) is 5.75 Å². The SMILES string of the molecule is CCOCc1[nH]c(=S)[nH]c(=O)c1Cc1ccc(OC)cc1. The van der Waals surface area contributed by atoms with Gasteiger partial charge in [0.05, 0.1) is 19.4 Å². The molecule has 0 unspecified atom stereocenters. The van der Waals surface area contributed by atoms with E-state index < -0.39 is 0 Å². The molecule has 0 radical (unpaired) electrons. The number of aromatic amines is 2. The maximum Gasteiger partial charge on any atom is 0.255 e. The molecule has 0 aliphatic heterocycles. The summed E-state index contributed by atoms with van der Waals surface area (Å²) in [5.74, 6) is 0.787. The van der Waals surface area contributed by atoms with E-state index in [-0.39, 0.29) is 5.56 Å². The first kappa shape index (κ1) is 15.5. The van der Waals surface area contributed by atoms with Crippen LogP contribution in [-0.4, -0.2) is 23.7 Å². The zero-order valence-corrected chi connectivity index (χ0v) is 12.9. The summed E-state index contributed by atoms with van der Waals surface area (Å²) in [6.07, 6.45) is 0.508. The van der Waals surface area contributed by atoms with Gasteiger partial charge in [0.1, 0.15) is 5.75 Å². The number of hydrogen-bond donors (Lipinski definition) is 2. The van der Waals surface area contributed by atoms with Gasteiger partial charge in [0, 0.05) is 18.6 Å². The van der Waals surface area contributed by atoms with Crippen LogP contribution in [-0.2, 0) is 17.8 Å². The van der Waals surface area contributed by atoms with E-state index in [1.807, 2.05) is 31.2 Å². The van der Waals surface area contributed by atoms with E-state index >= 15 is 0 Å². The average Bonchev–Trinajstić information content (AvgIpc) is 2.48. The topological polar surface area (TPSA) is 67.1 Å². The highest BCUT2D eigenvalue weighted by molar-refractivity contribution is 7.71. The van der Waals surface area contributed by atoms with Crippen LogP contribution in [0.1, 0.15) is 23.7 Å². The van der Waals surface area contributed by atoms with Gasteiger partial charge in [-0.15, -0.1) is 0 Å². The van der Waals surface area contributed by atoms with Gasteiger partial charge in [0.15, 0.2) is 4.77 Å². The van der Waals surface area contributed by atoms with Crippen molar-refractivity contribution >= 4 is 12.2 Å².